The number of rotatable bonds is 3. The zero-order valence-corrected chi connectivity index (χ0v) is 8.80. The van der Waals surface area contributed by atoms with Gasteiger partial charge in [-0.3, -0.25) is 4.79 Å². The molecule has 2 saturated carbocycles. The van der Waals surface area contributed by atoms with E-state index in [1.807, 2.05) is 0 Å². The van der Waals surface area contributed by atoms with Crippen LogP contribution in [-0.4, -0.2) is 11.1 Å². The summed E-state index contributed by atoms with van der Waals surface area (Å²) >= 11 is 0. The Hall–Kier alpha value is -0.530. The fourth-order valence-corrected chi connectivity index (χ4v) is 3.32. The maximum absolute atomic E-state index is 11.3. The van der Waals surface area contributed by atoms with Crippen LogP contribution in [0, 0.1) is 11.3 Å². The van der Waals surface area contributed by atoms with Crippen LogP contribution in [0.3, 0.4) is 0 Å². The first kappa shape index (κ1) is 10.0. The molecule has 80 valence electrons. The van der Waals surface area contributed by atoms with E-state index < -0.39 is 5.97 Å². The lowest BCUT2D eigenvalue weighted by atomic mass is 9.77. The van der Waals surface area contributed by atoms with Crippen molar-refractivity contribution in [1.29, 1.82) is 0 Å². The first-order chi connectivity index (χ1) is 6.73. The Bertz CT molecular complexity index is 210. The van der Waals surface area contributed by atoms with E-state index in [4.69, 9.17) is 0 Å². The van der Waals surface area contributed by atoms with Gasteiger partial charge in [0.1, 0.15) is 0 Å². The monoisotopic (exact) mass is 196 g/mol. The smallest absolute Gasteiger partial charge is 0.309 e. The summed E-state index contributed by atoms with van der Waals surface area (Å²) in [4.78, 5) is 11.3. The molecule has 1 N–H and O–H groups in total. The van der Waals surface area contributed by atoms with Gasteiger partial charge in [-0.25, -0.2) is 0 Å². The number of carboxylic acids is 1. The molecule has 0 spiro atoms. The number of hydrogen-bond acceptors (Lipinski definition) is 1. The molecular formula is C12H20O2. The highest BCUT2D eigenvalue weighted by atomic mass is 16.4. The summed E-state index contributed by atoms with van der Waals surface area (Å²) in [5.41, 5.74) is -0.324. The van der Waals surface area contributed by atoms with E-state index in [2.05, 4.69) is 0 Å². The van der Waals surface area contributed by atoms with Crippen LogP contribution in [0.25, 0.3) is 0 Å². The van der Waals surface area contributed by atoms with Crippen LogP contribution < -0.4 is 0 Å². The third-order valence-corrected chi connectivity index (χ3v) is 4.17. The van der Waals surface area contributed by atoms with Crippen molar-refractivity contribution in [3.63, 3.8) is 0 Å². The summed E-state index contributed by atoms with van der Waals surface area (Å²) < 4.78 is 0. The minimum Gasteiger partial charge on any atom is -0.481 e. The molecule has 0 radical (unpaired) electrons. The third kappa shape index (κ3) is 1.79. The number of aliphatic carboxylic acids is 1. The van der Waals surface area contributed by atoms with Crippen LogP contribution in [0.4, 0.5) is 0 Å². The van der Waals surface area contributed by atoms with Crippen LogP contribution in [-0.2, 0) is 4.79 Å². The van der Waals surface area contributed by atoms with Gasteiger partial charge in [0.05, 0.1) is 5.41 Å². The Morgan fingerprint density at radius 1 is 1.14 bits per heavy atom. The number of hydrogen-bond donors (Lipinski definition) is 1. The van der Waals surface area contributed by atoms with E-state index in [9.17, 15) is 9.90 Å². The Balaban J connectivity index is 1.99. The maximum atomic E-state index is 11.3. The molecular weight excluding hydrogens is 176 g/mol. The van der Waals surface area contributed by atoms with Gasteiger partial charge in [0.15, 0.2) is 0 Å². The van der Waals surface area contributed by atoms with Gasteiger partial charge in [0.25, 0.3) is 0 Å². The summed E-state index contributed by atoms with van der Waals surface area (Å²) in [6.45, 7) is 0. The topological polar surface area (TPSA) is 37.3 Å². The lowest BCUT2D eigenvalue weighted by Gasteiger charge is -2.26. The molecule has 0 saturated heterocycles. The SMILES string of the molecule is O=C(O)C1(CC2CCCC2)CCCC1. The Kier molecular flexibility index (Phi) is 2.80. The van der Waals surface area contributed by atoms with E-state index in [0.29, 0.717) is 5.92 Å². The third-order valence-electron chi connectivity index (χ3n) is 4.17. The molecule has 0 bridgehead atoms. The van der Waals surface area contributed by atoms with Gasteiger partial charge in [-0.1, -0.05) is 38.5 Å². The van der Waals surface area contributed by atoms with Gasteiger partial charge in [0, 0.05) is 0 Å². The van der Waals surface area contributed by atoms with Gasteiger partial charge in [-0.15, -0.1) is 0 Å². The van der Waals surface area contributed by atoms with E-state index in [-0.39, 0.29) is 5.41 Å². The number of carbonyl (C=O) groups is 1. The van der Waals surface area contributed by atoms with Crippen molar-refractivity contribution in [3.8, 4) is 0 Å². The molecule has 0 aromatic rings. The molecule has 2 fully saturated rings. The zero-order valence-electron chi connectivity index (χ0n) is 8.80. The standard InChI is InChI=1S/C12H20O2/c13-11(14)12(7-3-4-8-12)9-10-5-1-2-6-10/h10H,1-9H2,(H,13,14). The van der Waals surface area contributed by atoms with Gasteiger partial charge in [-0.2, -0.15) is 0 Å². The number of carboxylic acid groups (broad SMARTS) is 1. The average Bonchev–Trinajstić information content (AvgIpc) is 2.76. The van der Waals surface area contributed by atoms with Crippen molar-refractivity contribution in [3.05, 3.63) is 0 Å². The highest BCUT2D eigenvalue weighted by Crippen LogP contribution is 2.46. The van der Waals surface area contributed by atoms with Crippen molar-refractivity contribution in [2.75, 3.05) is 0 Å². The Labute approximate surface area is 85.7 Å². The van der Waals surface area contributed by atoms with Crippen molar-refractivity contribution in [1.82, 2.24) is 0 Å². The predicted molar refractivity (Wildman–Crippen MR) is 55.1 cm³/mol. The molecule has 2 rings (SSSR count). The van der Waals surface area contributed by atoms with E-state index in [1.54, 1.807) is 0 Å². The highest BCUT2D eigenvalue weighted by Gasteiger charge is 2.42. The molecule has 0 aromatic heterocycles. The van der Waals surface area contributed by atoms with Crippen LogP contribution in [0.1, 0.15) is 57.8 Å². The minimum atomic E-state index is -0.526. The van der Waals surface area contributed by atoms with Crippen LogP contribution in [0.2, 0.25) is 0 Å². The fraction of sp³-hybridized carbons (Fsp3) is 0.917. The molecule has 0 atom stereocenters. The second-order valence-electron chi connectivity index (χ2n) is 5.15. The molecule has 2 aliphatic rings. The van der Waals surface area contributed by atoms with Crippen LogP contribution >= 0.6 is 0 Å². The molecule has 2 aliphatic carbocycles. The van der Waals surface area contributed by atoms with Crippen molar-refractivity contribution in [2.45, 2.75) is 57.8 Å². The Morgan fingerprint density at radius 2 is 1.71 bits per heavy atom. The maximum Gasteiger partial charge on any atom is 0.309 e. The molecule has 0 heterocycles. The predicted octanol–water partition coefficient (Wildman–Crippen LogP) is 3.21. The van der Waals surface area contributed by atoms with E-state index in [0.717, 1.165) is 32.1 Å². The van der Waals surface area contributed by atoms with Crippen LogP contribution in [0.15, 0.2) is 0 Å². The normalized spacial score (nSPS) is 26.9. The molecule has 2 heteroatoms. The molecule has 14 heavy (non-hydrogen) atoms. The second-order valence-corrected chi connectivity index (χ2v) is 5.15. The molecule has 0 unspecified atom stereocenters. The van der Waals surface area contributed by atoms with E-state index >= 15 is 0 Å². The summed E-state index contributed by atoms with van der Waals surface area (Å²) in [5.74, 6) is 0.186. The van der Waals surface area contributed by atoms with Crippen LogP contribution in [0.5, 0.6) is 0 Å². The molecule has 2 nitrogen and oxygen atoms in total. The van der Waals surface area contributed by atoms with Crippen molar-refractivity contribution >= 4 is 5.97 Å². The molecule has 0 aliphatic heterocycles. The van der Waals surface area contributed by atoms with Crippen molar-refractivity contribution in [2.24, 2.45) is 11.3 Å². The van der Waals surface area contributed by atoms with Gasteiger partial charge >= 0.3 is 5.97 Å². The minimum absolute atomic E-state index is 0.324. The Morgan fingerprint density at radius 3 is 2.21 bits per heavy atom. The quantitative estimate of drug-likeness (QED) is 0.752. The summed E-state index contributed by atoms with van der Waals surface area (Å²) in [6, 6.07) is 0. The summed E-state index contributed by atoms with van der Waals surface area (Å²) in [5, 5.41) is 9.32. The molecule has 0 aromatic carbocycles. The largest absolute Gasteiger partial charge is 0.481 e. The highest BCUT2D eigenvalue weighted by molar-refractivity contribution is 5.75. The first-order valence-electron chi connectivity index (χ1n) is 5.96. The summed E-state index contributed by atoms with van der Waals surface area (Å²) in [6.07, 6.45) is 10.3. The van der Waals surface area contributed by atoms with Crippen molar-refractivity contribution < 1.29 is 9.90 Å². The van der Waals surface area contributed by atoms with E-state index in [1.165, 1.54) is 25.7 Å². The van der Waals surface area contributed by atoms with Gasteiger partial charge < -0.3 is 5.11 Å². The zero-order chi connectivity index (χ0) is 10.0. The summed E-state index contributed by atoms with van der Waals surface area (Å²) in [7, 11) is 0. The lowest BCUT2D eigenvalue weighted by Crippen LogP contribution is -2.29. The first-order valence-corrected chi connectivity index (χ1v) is 5.96. The average molecular weight is 196 g/mol. The lowest BCUT2D eigenvalue weighted by molar-refractivity contribution is -0.149. The van der Waals surface area contributed by atoms with Gasteiger partial charge in [-0.05, 0) is 25.2 Å². The second kappa shape index (κ2) is 3.92. The van der Waals surface area contributed by atoms with Gasteiger partial charge in [0.2, 0.25) is 0 Å². The fourth-order valence-electron chi connectivity index (χ4n) is 3.32. The molecule has 0 amide bonds.